The normalized spacial score (nSPS) is 13.0. The molecule has 6 N–H and O–H groups in total. The molecule has 3 aromatic carbocycles. The molecule has 1 heterocycles. The third-order valence-electron chi connectivity index (χ3n) is 5.82. The van der Waals surface area contributed by atoms with Gasteiger partial charge >= 0.3 is 23.1 Å². The van der Waals surface area contributed by atoms with Crippen LogP contribution in [-0.4, -0.2) is 67.2 Å². The molecule has 23 heteroatoms. The van der Waals surface area contributed by atoms with E-state index in [4.69, 9.17) is 9.47 Å². The van der Waals surface area contributed by atoms with E-state index in [-0.39, 0.29) is 5.48 Å². The molecule has 0 unspecified atom stereocenters. The maximum atomic E-state index is 13.2. The van der Waals surface area contributed by atoms with Crippen molar-refractivity contribution in [2.75, 3.05) is 29.8 Å². The number of amidine groups is 1. The minimum Gasteiger partial charge on any atom is -0.870 e. The Hall–Kier alpha value is -5.46. The molecular formula is C22H21N7O14S2. The van der Waals surface area contributed by atoms with Crippen molar-refractivity contribution >= 4 is 60.4 Å². The molecule has 1 amide bonds. The molecule has 240 valence electrons. The molecule has 0 atom stereocenters. The number of methoxy groups -OCH3 is 2. The zero-order chi connectivity index (χ0) is 32.6. The number of quaternary nitrogens is 1. The smallest absolute Gasteiger partial charge is 0.336 e. The summed E-state index contributed by atoms with van der Waals surface area (Å²) in [5, 5.41) is 31.6. The summed E-state index contributed by atoms with van der Waals surface area (Å²) in [7, 11) is -8.27. The fourth-order valence-corrected chi connectivity index (χ4v) is 5.00. The lowest BCUT2D eigenvalue weighted by molar-refractivity contribution is -0.544. The van der Waals surface area contributed by atoms with Gasteiger partial charge < -0.3 is 20.3 Å². The van der Waals surface area contributed by atoms with E-state index in [1.54, 1.807) is 18.2 Å². The molecule has 0 bridgehead atoms. The largest absolute Gasteiger partial charge is 0.870 e. The number of nitro benzene ring substituents is 2. The summed E-state index contributed by atoms with van der Waals surface area (Å²) in [5.74, 6) is -2.71. The van der Waals surface area contributed by atoms with Crippen molar-refractivity contribution in [2.24, 2.45) is 5.10 Å². The molecular weight excluding hydrogens is 650 g/mol. The van der Waals surface area contributed by atoms with Crippen LogP contribution in [0.3, 0.4) is 0 Å². The highest BCUT2D eigenvalue weighted by molar-refractivity contribution is 7.86. The zero-order valence-electron chi connectivity index (χ0n) is 22.7. The molecule has 3 aromatic rings. The van der Waals surface area contributed by atoms with E-state index >= 15 is 0 Å². The van der Waals surface area contributed by atoms with Crippen LogP contribution < -0.4 is 30.5 Å². The molecule has 0 spiro atoms. The molecule has 1 aliphatic rings. The number of anilines is 3. The molecule has 0 saturated heterocycles. The highest BCUT2D eigenvalue weighted by Gasteiger charge is 2.42. The maximum Gasteiger partial charge on any atom is 0.336 e. The van der Waals surface area contributed by atoms with E-state index in [1.807, 2.05) is 0 Å². The Labute approximate surface area is 252 Å². The van der Waals surface area contributed by atoms with Gasteiger partial charge in [-0.05, 0) is 24.3 Å². The van der Waals surface area contributed by atoms with Gasteiger partial charge in [0.1, 0.15) is 15.5 Å². The number of para-hydroxylation sites is 1. The van der Waals surface area contributed by atoms with Crippen molar-refractivity contribution in [1.82, 2.24) is 0 Å². The van der Waals surface area contributed by atoms with E-state index in [0.29, 0.717) is 35.1 Å². The second-order valence-corrected chi connectivity index (χ2v) is 11.4. The number of nitrogens with one attached hydrogen (secondary N) is 1. The van der Waals surface area contributed by atoms with Crippen LogP contribution >= 0.6 is 0 Å². The van der Waals surface area contributed by atoms with Crippen LogP contribution in [-0.2, 0) is 25.0 Å². The molecule has 1 aliphatic heterocycles. The number of hydrogen-bond acceptors (Lipinski definition) is 15. The van der Waals surface area contributed by atoms with Gasteiger partial charge in [-0.2, -0.15) is 22.3 Å². The molecule has 0 aromatic heterocycles. The third kappa shape index (κ3) is 6.87. The molecule has 45 heavy (non-hydrogen) atoms. The molecule has 21 nitrogen and oxygen atoms in total. The summed E-state index contributed by atoms with van der Waals surface area (Å²) in [6.45, 7) is 0. The summed E-state index contributed by atoms with van der Waals surface area (Å²) in [6, 6.07) is 10.3. The lowest BCUT2D eigenvalue weighted by Gasteiger charge is -2.26. The van der Waals surface area contributed by atoms with Gasteiger partial charge in [0.05, 0.1) is 24.1 Å². The Kier molecular flexibility index (Phi) is 9.56. The average Bonchev–Trinajstić information content (AvgIpc) is 3.40. The molecule has 0 radical (unpaired) electrons. The predicted molar refractivity (Wildman–Crippen MR) is 150 cm³/mol. The molecule has 0 fully saturated rings. The van der Waals surface area contributed by atoms with Crippen LogP contribution in [0.5, 0.6) is 11.5 Å². The second kappa shape index (κ2) is 12.6. The highest BCUT2D eigenvalue weighted by atomic mass is 32.2. The SMILES string of the molecule is COc1c(N2N=C(C(=O)Nc3ccccc3)[NH2+]N2c2cc(S(=O)(=O)O)cc([N+](=O)[O-])c2OC)cc(S(=O)(=O)O)cc1[N+](=O)[O-].[OH-]. The highest BCUT2D eigenvalue weighted by Crippen LogP contribution is 2.44. The van der Waals surface area contributed by atoms with Gasteiger partial charge in [-0.1, -0.05) is 28.4 Å². The van der Waals surface area contributed by atoms with Crippen molar-refractivity contribution in [2.45, 2.75) is 9.79 Å². The van der Waals surface area contributed by atoms with Crippen LogP contribution in [0.25, 0.3) is 0 Å². The first-order valence-corrected chi connectivity index (χ1v) is 14.5. The van der Waals surface area contributed by atoms with Crippen LogP contribution in [0.2, 0.25) is 0 Å². The number of hydrazine groups is 1. The van der Waals surface area contributed by atoms with Crippen LogP contribution in [0.1, 0.15) is 0 Å². The molecule has 0 saturated carbocycles. The van der Waals surface area contributed by atoms with Gasteiger partial charge in [-0.15, -0.1) is 5.12 Å². The summed E-state index contributed by atoms with van der Waals surface area (Å²) >= 11 is 0. The van der Waals surface area contributed by atoms with E-state index < -0.39 is 85.9 Å². The number of carbonyl (C=O) groups is 1. The third-order valence-corrected chi connectivity index (χ3v) is 7.48. The first-order valence-electron chi connectivity index (χ1n) is 11.6. The van der Waals surface area contributed by atoms with Crippen LogP contribution in [0.4, 0.5) is 28.4 Å². The standard InChI is InChI=1S/C22H19N7O13S2.H2O/c1-41-19-15(8-13(43(35,36)37)10-17(19)28(31)32)26-24-21(22(30)23-12-6-4-3-5-7-12)25-27(26)16-9-14(44(38,39)40)11-18(29(33)34)20(16)42-2;/h3-11H,1-2H3,(H,23,30)(H,24,25)(H,35,36,37)(H,38,39,40);1H2. The van der Waals surface area contributed by atoms with Crippen molar-refractivity contribution in [3.63, 3.8) is 0 Å². The summed E-state index contributed by atoms with van der Waals surface area (Å²) in [5.41, 5.74) is -1.95. The van der Waals surface area contributed by atoms with Gasteiger partial charge in [-0.25, -0.2) is 0 Å². The quantitative estimate of drug-likeness (QED) is 0.0987. The van der Waals surface area contributed by atoms with Gasteiger partial charge in [0, 0.05) is 17.8 Å². The maximum absolute atomic E-state index is 13.2. The van der Waals surface area contributed by atoms with Gasteiger partial charge in [0.15, 0.2) is 5.69 Å². The van der Waals surface area contributed by atoms with Crippen molar-refractivity contribution in [1.29, 1.82) is 0 Å². The Morgan fingerprint density at radius 1 is 0.867 bits per heavy atom. The fourth-order valence-electron chi connectivity index (χ4n) is 3.96. The monoisotopic (exact) mass is 671 g/mol. The van der Waals surface area contributed by atoms with Gasteiger partial charge in [0.2, 0.25) is 11.5 Å². The first-order chi connectivity index (χ1) is 20.6. The Balaban J connectivity index is 0.00000552. The number of hydrogen-bond donors (Lipinski definition) is 4. The number of nitrogens with zero attached hydrogens (tertiary/aromatic N) is 5. The minimum absolute atomic E-state index is 0. The zero-order valence-corrected chi connectivity index (χ0v) is 24.3. The first kappa shape index (κ1) is 34.0. The Morgan fingerprint density at radius 3 is 1.78 bits per heavy atom. The Bertz CT molecular complexity index is 1940. The van der Waals surface area contributed by atoms with Gasteiger partial charge in [0.25, 0.3) is 20.2 Å². The van der Waals surface area contributed by atoms with Gasteiger partial charge in [-0.3, -0.25) is 34.1 Å². The summed E-state index contributed by atoms with van der Waals surface area (Å²) < 4.78 is 77.9. The topological polar surface area (TPSA) is 308 Å². The number of benzene rings is 3. The number of ether oxygens (including phenoxy) is 2. The summed E-state index contributed by atoms with van der Waals surface area (Å²) in [6.07, 6.45) is 0. The Morgan fingerprint density at radius 2 is 1.33 bits per heavy atom. The van der Waals surface area contributed by atoms with Crippen molar-refractivity contribution in [3.05, 3.63) is 74.8 Å². The number of amides is 1. The number of nitro groups is 2. The number of hydrazone groups is 1. The van der Waals surface area contributed by atoms with E-state index in [2.05, 4.69) is 10.4 Å². The predicted octanol–water partition coefficient (Wildman–Crippen LogP) is 0.509. The van der Waals surface area contributed by atoms with E-state index in [9.17, 15) is 51.0 Å². The number of nitrogens with two attached hydrogens (primary N) is 1. The van der Waals surface area contributed by atoms with E-state index in [1.165, 1.54) is 12.1 Å². The van der Waals surface area contributed by atoms with Crippen LogP contribution in [0, 0.1) is 20.2 Å². The fraction of sp³-hybridized carbons (Fsp3) is 0.0909. The molecule has 4 rings (SSSR count). The number of carbonyl (C=O) groups excluding carboxylic acids is 1. The average molecular weight is 672 g/mol. The summed E-state index contributed by atoms with van der Waals surface area (Å²) in [4.78, 5) is 32.8. The van der Waals surface area contributed by atoms with Crippen LogP contribution in [0.15, 0.2) is 69.5 Å². The minimum atomic E-state index is -5.11. The van der Waals surface area contributed by atoms with Crippen molar-refractivity contribution < 1.29 is 61.0 Å². The lowest BCUT2D eigenvalue weighted by Crippen LogP contribution is -2.98. The lowest BCUT2D eigenvalue weighted by atomic mass is 10.2. The number of rotatable bonds is 10. The second-order valence-electron chi connectivity index (χ2n) is 8.52. The molecule has 0 aliphatic carbocycles. The van der Waals surface area contributed by atoms with E-state index in [0.717, 1.165) is 24.8 Å². The van der Waals surface area contributed by atoms with Crippen molar-refractivity contribution in [3.8, 4) is 11.5 Å².